The first kappa shape index (κ1) is 17.9. The van der Waals surface area contributed by atoms with Gasteiger partial charge in [-0.1, -0.05) is 6.07 Å². The van der Waals surface area contributed by atoms with E-state index in [1.54, 1.807) is 24.0 Å². The lowest BCUT2D eigenvalue weighted by Gasteiger charge is -2.30. The third kappa shape index (κ3) is 3.85. The fraction of sp³-hybridized carbons (Fsp3) is 0.529. The normalized spacial score (nSPS) is 20.7. The van der Waals surface area contributed by atoms with Crippen molar-refractivity contribution in [1.82, 2.24) is 9.80 Å². The number of morpholine rings is 1. The van der Waals surface area contributed by atoms with Gasteiger partial charge in [0.2, 0.25) is 11.8 Å². The van der Waals surface area contributed by atoms with Gasteiger partial charge in [0.05, 0.1) is 33.2 Å². The molecule has 0 bridgehead atoms. The van der Waals surface area contributed by atoms with E-state index in [-0.39, 0.29) is 23.7 Å². The van der Waals surface area contributed by atoms with Gasteiger partial charge < -0.3 is 24.0 Å². The number of ether oxygens (including phenoxy) is 3. The average Bonchev–Trinajstić information content (AvgIpc) is 3.02. The summed E-state index contributed by atoms with van der Waals surface area (Å²) in [6, 6.07) is 5.59. The van der Waals surface area contributed by atoms with E-state index in [1.807, 2.05) is 18.2 Å². The number of benzene rings is 1. The van der Waals surface area contributed by atoms with Crippen LogP contribution in [0.3, 0.4) is 0 Å². The summed E-state index contributed by atoms with van der Waals surface area (Å²) in [5, 5.41) is -0.197. The lowest BCUT2D eigenvalue weighted by molar-refractivity contribution is -0.141. The molecule has 7 nitrogen and oxygen atoms in total. The van der Waals surface area contributed by atoms with Crippen molar-refractivity contribution in [3.8, 4) is 11.5 Å². The van der Waals surface area contributed by atoms with Crippen LogP contribution in [-0.2, 0) is 14.3 Å². The monoisotopic (exact) mass is 366 g/mol. The molecule has 8 heteroatoms. The van der Waals surface area contributed by atoms with E-state index in [9.17, 15) is 9.59 Å². The van der Waals surface area contributed by atoms with Crippen molar-refractivity contribution >= 4 is 23.6 Å². The molecular weight excluding hydrogens is 344 g/mol. The number of carbonyl (C=O) groups excluding carboxylic acids is 2. The number of hydrogen-bond acceptors (Lipinski definition) is 6. The second-order valence-corrected chi connectivity index (χ2v) is 6.86. The Bertz CT molecular complexity index is 648. The standard InChI is InChI=1S/C17H22N2O5S/c1-22-13-4-3-12(9-14(13)23-2)17-19(16(21)11-25-17)10-15(20)18-5-7-24-8-6-18/h3-4,9,17H,5-8,10-11H2,1-2H3/t17-/m1/s1. The number of nitrogens with zero attached hydrogens (tertiary/aromatic N) is 2. The maximum absolute atomic E-state index is 12.5. The van der Waals surface area contributed by atoms with Gasteiger partial charge in [0, 0.05) is 13.1 Å². The Morgan fingerprint density at radius 3 is 2.64 bits per heavy atom. The molecule has 0 N–H and O–H groups in total. The Morgan fingerprint density at radius 2 is 1.96 bits per heavy atom. The topological polar surface area (TPSA) is 68.3 Å². The number of carbonyl (C=O) groups is 2. The maximum Gasteiger partial charge on any atom is 0.242 e. The van der Waals surface area contributed by atoms with Crippen LogP contribution >= 0.6 is 11.8 Å². The molecule has 2 aliphatic heterocycles. The molecule has 1 atom stereocenters. The lowest BCUT2D eigenvalue weighted by atomic mass is 10.1. The van der Waals surface area contributed by atoms with Crippen molar-refractivity contribution in [2.45, 2.75) is 5.37 Å². The summed E-state index contributed by atoms with van der Waals surface area (Å²) in [5.41, 5.74) is 0.920. The van der Waals surface area contributed by atoms with Crippen molar-refractivity contribution in [3.63, 3.8) is 0 Å². The zero-order chi connectivity index (χ0) is 17.8. The molecule has 136 valence electrons. The summed E-state index contributed by atoms with van der Waals surface area (Å²) < 4.78 is 15.9. The van der Waals surface area contributed by atoms with Gasteiger partial charge in [-0.15, -0.1) is 11.8 Å². The molecule has 2 fully saturated rings. The van der Waals surface area contributed by atoms with Crippen LogP contribution in [0.15, 0.2) is 18.2 Å². The van der Waals surface area contributed by atoms with Crippen LogP contribution in [0.4, 0.5) is 0 Å². The van der Waals surface area contributed by atoms with Gasteiger partial charge in [-0.05, 0) is 17.7 Å². The van der Waals surface area contributed by atoms with Crippen molar-refractivity contribution < 1.29 is 23.8 Å². The van der Waals surface area contributed by atoms with Gasteiger partial charge in [-0.25, -0.2) is 0 Å². The number of hydrogen-bond donors (Lipinski definition) is 0. The molecule has 2 saturated heterocycles. The first-order valence-electron chi connectivity index (χ1n) is 8.12. The van der Waals surface area contributed by atoms with Crippen LogP contribution in [0.1, 0.15) is 10.9 Å². The largest absolute Gasteiger partial charge is 0.493 e. The average molecular weight is 366 g/mol. The van der Waals surface area contributed by atoms with E-state index in [0.29, 0.717) is 43.6 Å². The Morgan fingerprint density at radius 1 is 1.24 bits per heavy atom. The van der Waals surface area contributed by atoms with Crippen molar-refractivity contribution in [3.05, 3.63) is 23.8 Å². The van der Waals surface area contributed by atoms with Crippen LogP contribution in [-0.4, -0.2) is 74.4 Å². The molecule has 0 aromatic heterocycles. The molecule has 0 saturated carbocycles. The maximum atomic E-state index is 12.5. The first-order chi connectivity index (χ1) is 12.1. The van der Waals surface area contributed by atoms with Crippen LogP contribution < -0.4 is 9.47 Å². The third-order valence-corrected chi connectivity index (χ3v) is 5.59. The number of thioether (sulfide) groups is 1. The highest BCUT2D eigenvalue weighted by atomic mass is 32.2. The third-order valence-electron chi connectivity index (χ3n) is 4.33. The van der Waals surface area contributed by atoms with E-state index in [2.05, 4.69) is 0 Å². The highest BCUT2D eigenvalue weighted by Crippen LogP contribution is 2.41. The molecular formula is C17H22N2O5S. The van der Waals surface area contributed by atoms with Crippen LogP contribution in [0.2, 0.25) is 0 Å². The van der Waals surface area contributed by atoms with Crippen molar-refractivity contribution in [1.29, 1.82) is 0 Å². The molecule has 3 rings (SSSR count). The molecule has 25 heavy (non-hydrogen) atoms. The molecule has 2 heterocycles. The molecule has 0 spiro atoms. The Labute approximate surface area is 151 Å². The molecule has 2 aliphatic rings. The quantitative estimate of drug-likeness (QED) is 0.778. The molecule has 1 aromatic rings. The van der Waals surface area contributed by atoms with Gasteiger partial charge >= 0.3 is 0 Å². The van der Waals surface area contributed by atoms with E-state index in [1.165, 1.54) is 11.8 Å². The second kappa shape index (κ2) is 7.97. The Hall–Kier alpha value is -1.93. The molecule has 0 unspecified atom stereocenters. The molecule has 0 aliphatic carbocycles. The Balaban J connectivity index is 1.76. The van der Waals surface area contributed by atoms with E-state index in [4.69, 9.17) is 14.2 Å². The molecule has 0 radical (unpaired) electrons. The van der Waals surface area contributed by atoms with Crippen LogP contribution in [0.25, 0.3) is 0 Å². The van der Waals surface area contributed by atoms with Gasteiger partial charge in [-0.2, -0.15) is 0 Å². The minimum atomic E-state index is -0.197. The van der Waals surface area contributed by atoms with Gasteiger partial charge in [0.15, 0.2) is 11.5 Å². The van der Waals surface area contributed by atoms with Crippen molar-refractivity contribution in [2.24, 2.45) is 0 Å². The fourth-order valence-electron chi connectivity index (χ4n) is 2.97. The van der Waals surface area contributed by atoms with Gasteiger partial charge in [0.25, 0.3) is 0 Å². The van der Waals surface area contributed by atoms with E-state index >= 15 is 0 Å². The summed E-state index contributed by atoms with van der Waals surface area (Å²) in [7, 11) is 3.16. The number of rotatable bonds is 5. The smallest absolute Gasteiger partial charge is 0.242 e. The van der Waals surface area contributed by atoms with Gasteiger partial charge in [0.1, 0.15) is 11.9 Å². The highest BCUT2D eigenvalue weighted by Gasteiger charge is 2.35. The summed E-state index contributed by atoms with van der Waals surface area (Å²) in [4.78, 5) is 28.2. The number of methoxy groups -OCH3 is 2. The number of amides is 2. The molecule has 1 aromatic carbocycles. The minimum absolute atomic E-state index is 0.0219. The van der Waals surface area contributed by atoms with Crippen LogP contribution in [0.5, 0.6) is 11.5 Å². The lowest BCUT2D eigenvalue weighted by Crippen LogP contribution is -2.46. The highest BCUT2D eigenvalue weighted by molar-refractivity contribution is 8.00. The van der Waals surface area contributed by atoms with Crippen molar-refractivity contribution in [2.75, 3.05) is 52.8 Å². The van der Waals surface area contributed by atoms with Crippen LogP contribution in [0, 0.1) is 0 Å². The Kier molecular flexibility index (Phi) is 5.70. The first-order valence-corrected chi connectivity index (χ1v) is 9.17. The zero-order valence-corrected chi connectivity index (χ0v) is 15.2. The van der Waals surface area contributed by atoms with Gasteiger partial charge in [-0.3, -0.25) is 9.59 Å². The predicted molar refractivity (Wildman–Crippen MR) is 93.9 cm³/mol. The zero-order valence-electron chi connectivity index (χ0n) is 14.4. The van der Waals surface area contributed by atoms with E-state index in [0.717, 1.165) is 5.56 Å². The summed E-state index contributed by atoms with van der Waals surface area (Å²) >= 11 is 1.52. The fourth-order valence-corrected chi connectivity index (χ4v) is 4.14. The SMILES string of the molecule is COc1ccc([C@H]2SCC(=O)N2CC(=O)N2CCOCC2)cc1OC. The summed E-state index contributed by atoms with van der Waals surface area (Å²) in [6.45, 7) is 2.34. The summed E-state index contributed by atoms with van der Waals surface area (Å²) in [5.74, 6) is 1.56. The van der Waals surface area contributed by atoms with E-state index < -0.39 is 0 Å². The minimum Gasteiger partial charge on any atom is -0.493 e. The summed E-state index contributed by atoms with van der Waals surface area (Å²) in [6.07, 6.45) is 0. The molecule has 2 amide bonds. The second-order valence-electron chi connectivity index (χ2n) is 5.79. The predicted octanol–water partition coefficient (Wildman–Crippen LogP) is 1.14.